The summed E-state index contributed by atoms with van der Waals surface area (Å²) in [5, 5.41) is 8.06. The van der Waals surface area contributed by atoms with E-state index in [0.717, 1.165) is 30.0 Å². The number of nitrogens with zero attached hydrogens (tertiary/aromatic N) is 4. The average Bonchev–Trinajstić information content (AvgIpc) is 2.62. The molecule has 0 saturated carbocycles. The van der Waals surface area contributed by atoms with E-state index in [-0.39, 0.29) is 5.28 Å². The molecule has 90 valence electrons. The summed E-state index contributed by atoms with van der Waals surface area (Å²) < 4.78 is 0. The van der Waals surface area contributed by atoms with Crippen LogP contribution in [0.5, 0.6) is 0 Å². The van der Waals surface area contributed by atoms with Crippen LogP contribution in [0.2, 0.25) is 5.28 Å². The number of thioether (sulfide) groups is 1. The average molecular weight is 270 g/mol. The topological polar surface area (TPSA) is 57.7 Å². The van der Waals surface area contributed by atoms with Gasteiger partial charge in [-0.25, -0.2) is 0 Å². The Hall–Kier alpha value is -1.01. The minimum Gasteiger partial charge on any atom is -0.355 e. The molecule has 2 aromatic rings. The van der Waals surface area contributed by atoms with E-state index < -0.39 is 0 Å². The summed E-state index contributed by atoms with van der Waals surface area (Å²) in [6.45, 7) is 2.01. The molecule has 0 atom stereocenters. The van der Waals surface area contributed by atoms with Crippen molar-refractivity contribution in [1.82, 2.24) is 20.2 Å². The molecule has 17 heavy (non-hydrogen) atoms. The van der Waals surface area contributed by atoms with Gasteiger partial charge in [0.25, 0.3) is 0 Å². The van der Waals surface area contributed by atoms with Crippen LogP contribution in [0.25, 0.3) is 11.0 Å². The van der Waals surface area contributed by atoms with Crippen LogP contribution in [0.15, 0.2) is 6.20 Å². The Bertz CT molecular complexity index is 520. The fraction of sp³-hybridized carbons (Fsp3) is 0.500. The third-order valence-corrected chi connectivity index (χ3v) is 4.00. The third kappa shape index (κ3) is 2.19. The number of aromatic amines is 1. The molecule has 0 amide bonds. The largest absolute Gasteiger partial charge is 0.355 e. The summed E-state index contributed by atoms with van der Waals surface area (Å²) in [5.74, 6) is 3.24. The van der Waals surface area contributed by atoms with Gasteiger partial charge in [0, 0.05) is 18.8 Å². The predicted molar refractivity (Wildman–Crippen MR) is 70.8 cm³/mol. The lowest BCUT2D eigenvalue weighted by atomic mass is 10.3. The number of nitrogens with one attached hydrogen (secondary N) is 1. The Labute approximate surface area is 108 Å². The smallest absolute Gasteiger partial charge is 0.226 e. The summed E-state index contributed by atoms with van der Waals surface area (Å²) in [4.78, 5) is 10.7. The number of aromatic nitrogens is 4. The Morgan fingerprint density at radius 2 is 2.24 bits per heavy atom. The van der Waals surface area contributed by atoms with Crippen LogP contribution in [-0.2, 0) is 0 Å². The van der Waals surface area contributed by atoms with Gasteiger partial charge in [-0.15, -0.1) is 0 Å². The van der Waals surface area contributed by atoms with Crippen molar-refractivity contribution < 1.29 is 0 Å². The highest BCUT2D eigenvalue weighted by Gasteiger charge is 2.16. The van der Waals surface area contributed by atoms with Crippen LogP contribution in [0.4, 0.5) is 5.82 Å². The molecule has 0 bridgehead atoms. The van der Waals surface area contributed by atoms with Crippen molar-refractivity contribution in [2.45, 2.75) is 6.42 Å². The number of hydrogen-bond donors (Lipinski definition) is 1. The second-order valence-corrected chi connectivity index (χ2v) is 5.46. The molecule has 1 fully saturated rings. The van der Waals surface area contributed by atoms with E-state index >= 15 is 0 Å². The molecule has 0 aliphatic carbocycles. The first-order valence-electron chi connectivity index (χ1n) is 5.54. The Morgan fingerprint density at radius 3 is 3.18 bits per heavy atom. The maximum Gasteiger partial charge on any atom is 0.226 e. The van der Waals surface area contributed by atoms with Gasteiger partial charge in [0.2, 0.25) is 5.28 Å². The molecular weight excluding hydrogens is 258 g/mol. The standard InChI is InChI=1S/C10H12ClN5S/c11-10-13-8-7(6-12-15-8)9(14-10)16-2-1-4-17-5-3-16/h6H,1-5H2,(H,12,13,14,15). The van der Waals surface area contributed by atoms with E-state index in [2.05, 4.69) is 25.1 Å². The molecular formula is C10H12ClN5S. The van der Waals surface area contributed by atoms with Crippen LogP contribution in [0, 0.1) is 0 Å². The minimum atomic E-state index is 0.272. The Balaban J connectivity index is 2.05. The molecule has 1 N–H and O–H groups in total. The van der Waals surface area contributed by atoms with Crippen molar-refractivity contribution in [2.75, 3.05) is 29.5 Å². The lowest BCUT2D eigenvalue weighted by Crippen LogP contribution is -2.26. The number of rotatable bonds is 1. The van der Waals surface area contributed by atoms with Crippen LogP contribution < -0.4 is 4.90 Å². The van der Waals surface area contributed by atoms with Crippen molar-refractivity contribution in [3.63, 3.8) is 0 Å². The summed E-state index contributed by atoms with van der Waals surface area (Å²) >= 11 is 7.92. The summed E-state index contributed by atoms with van der Waals surface area (Å²) in [7, 11) is 0. The van der Waals surface area contributed by atoms with Gasteiger partial charge in [-0.1, -0.05) is 0 Å². The molecule has 2 aromatic heterocycles. The van der Waals surface area contributed by atoms with Crippen molar-refractivity contribution in [3.05, 3.63) is 11.5 Å². The van der Waals surface area contributed by atoms with Crippen LogP contribution >= 0.6 is 23.4 Å². The van der Waals surface area contributed by atoms with E-state index in [4.69, 9.17) is 11.6 Å². The molecule has 0 spiro atoms. The number of anilines is 1. The van der Waals surface area contributed by atoms with Crippen molar-refractivity contribution in [3.8, 4) is 0 Å². The van der Waals surface area contributed by atoms with Gasteiger partial charge >= 0.3 is 0 Å². The molecule has 0 unspecified atom stereocenters. The van der Waals surface area contributed by atoms with Gasteiger partial charge < -0.3 is 4.90 Å². The van der Waals surface area contributed by atoms with E-state index in [9.17, 15) is 0 Å². The van der Waals surface area contributed by atoms with Gasteiger partial charge in [-0.3, -0.25) is 5.10 Å². The molecule has 0 radical (unpaired) electrons. The molecule has 5 nitrogen and oxygen atoms in total. The maximum absolute atomic E-state index is 5.94. The SMILES string of the molecule is Clc1nc(N2CCCSCC2)c2cn[nH]c2n1. The zero-order chi connectivity index (χ0) is 11.7. The number of H-pyrrole nitrogens is 1. The first-order valence-corrected chi connectivity index (χ1v) is 7.07. The first-order chi connectivity index (χ1) is 8.34. The van der Waals surface area contributed by atoms with Gasteiger partial charge in [-0.2, -0.15) is 26.8 Å². The first kappa shape index (κ1) is 11.1. The fourth-order valence-corrected chi connectivity index (χ4v) is 3.04. The normalized spacial score (nSPS) is 17.4. The highest BCUT2D eigenvalue weighted by Crippen LogP contribution is 2.25. The molecule has 1 aliphatic rings. The van der Waals surface area contributed by atoms with Crippen LogP contribution in [0.1, 0.15) is 6.42 Å². The highest BCUT2D eigenvalue weighted by atomic mass is 35.5. The van der Waals surface area contributed by atoms with Crippen molar-refractivity contribution >= 4 is 40.2 Å². The molecule has 7 heteroatoms. The molecule has 0 aromatic carbocycles. The Kier molecular flexibility index (Phi) is 3.07. The number of fused-ring (bicyclic) bond motifs is 1. The van der Waals surface area contributed by atoms with Gasteiger partial charge in [0.05, 0.1) is 11.6 Å². The van der Waals surface area contributed by atoms with E-state index in [0.29, 0.717) is 5.65 Å². The summed E-state index contributed by atoms with van der Waals surface area (Å²) in [6.07, 6.45) is 2.94. The monoisotopic (exact) mass is 269 g/mol. The lowest BCUT2D eigenvalue weighted by molar-refractivity contribution is 0.804. The molecule has 3 heterocycles. The lowest BCUT2D eigenvalue weighted by Gasteiger charge is -2.21. The molecule has 3 rings (SSSR count). The fourth-order valence-electron chi connectivity index (χ4n) is 1.99. The van der Waals surface area contributed by atoms with Gasteiger partial charge in [0.15, 0.2) is 5.65 Å². The number of halogens is 1. The highest BCUT2D eigenvalue weighted by molar-refractivity contribution is 7.99. The van der Waals surface area contributed by atoms with E-state index in [1.165, 1.54) is 12.2 Å². The van der Waals surface area contributed by atoms with Crippen molar-refractivity contribution in [2.24, 2.45) is 0 Å². The van der Waals surface area contributed by atoms with Crippen LogP contribution in [0.3, 0.4) is 0 Å². The maximum atomic E-state index is 5.94. The van der Waals surface area contributed by atoms with E-state index in [1.54, 1.807) is 6.20 Å². The van der Waals surface area contributed by atoms with Crippen molar-refractivity contribution in [1.29, 1.82) is 0 Å². The quantitative estimate of drug-likeness (QED) is 0.802. The van der Waals surface area contributed by atoms with Gasteiger partial charge in [0.1, 0.15) is 5.82 Å². The molecule has 1 saturated heterocycles. The summed E-state index contributed by atoms with van der Waals surface area (Å²) in [6, 6.07) is 0. The van der Waals surface area contributed by atoms with E-state index in [1.807, 2.05) is 11.8 Å². The number of hydrogen-bond acceptors (Lipinski definition) is 5. The second kappa shape index (κ2) is 4.70. The zero-order valence-electron chi connectivity index (χ0n) is 9.19. The Morgan fingerprint density at radius 1 is 1.29 bits per heavy atom. The summed E-state index contributed by atoms with van der Waals surface area (Å²) in [5.41, 5.74) is 0.705. The third-order valence-electron chi connectivity index (χ3n) is 2.78. The second-order valence-electron chi connectivity index (χ2n) is 3.90. The molecule has 1 aliphatic heterocycles. The minimum absolute atomic E-state index is 0.272. The zero-order valence-corrected chi connectivity index (χ0v) is 10.8. The predicted octanol–water partition coefficient (Wildman–Crippen LogP) is 1.95. The van der Waals surface area contributed by atoms with Gasteiger partial charge in [-0.05, 0) is 23.8 Å². The van der Waals surface area contributed by atoms with Crippen LogP contribution in [-0.4, -0.2) is 44.8 Å².